The fraction of sp³-hybridized carbons (Fsp3) is 0.727. The molecule has 0 saturated carbocycles. The molecule has 0 aliphatic rings. The van der Waals surface area contributed by atoms with Crippen LogP contribution in [0.3, 0.4) is 0 Å². The molecule has 0 aromatic heterocycles. The molecule has 0 unspecified atom stereocenters. The summed E-state index contributed by atoms with van der Waals surface area (Å²) in [5.74, 6) is -0.174. The third kappa shape index (κ3) is 5.75. The molecule has 0 aliphatic heterocycles. The molecule has 0 spiro atoms. The summed E-state index contributed by atoms with van der Waals surface area (Å²) in [5.41, 5.74) is 0. The van der Waals surface area contributed by atoms with Crippen LogP contribution in [-0.4, -0.2) is 35.6 Å². The van der Waals surface area contributed by atoms with Gasteiger partial charge in [0, 0.05) is 13.1 Å². The van der Waals surface area contributed by atoms with Gasteiger partial charge in [0.1, 0.15) is 0 Å². The smallest absolute Gasteiger partial charge is 0.317 e. The number of rotatable bonds is 8. The highest BCUT2D eigenvalue weighted by Crippen LogP contribution is 2.09. The fourth-order valence-corrected chi connectivity index (χ4v) is 1.49. The number of aliphatic carboxylic acids is 1. The molecule has 0 aromatic carbocycles. The van der Waals surface area contributed by atoms with E-state index in [9.17, 15) is 4.79 Å². The minimum Gasteiger partial charge on any atom is -0.480 e. The van der Waals surface area contributed by atoms with E-state index >= 15 is 0 Å². The summed E-state index contributed by atoms with van der Waals surface area (Å²) < 4.78 is 0. The standard InChI is InChI=1S/C11H21NO2/c1-4-7-12(9-11(13)14)8-10(5-2)6-3/h4,10H,1,5-9H2,2-3H3,(H,13,14). The van der Waals surface area contributed by atoms with Gasteiger partial charge in [-0.1, -0.05) is 32.8 Å². The average Bonchev–Trinajstić information content (AvgIpc) is 2.13. The Morgan fingerprint density at radius 2 is 2.07 bits per heavy atom. The van der Waals surface area contributed by atoms with Crippen molar-refractivity contribution in [3.8, 4) is 0 Å². The Morgan fingerprint density at radius 3 is 2.43 bits per heavy atom. The first-order chi connectivity index (χ1) is 6.63. The van der Waals surface area contributed by atoms with E-state index in [1.807, 2.05) is 4.90 Å². The van der Waals surface area contributed by atoms with Gasteiger partial charge in [0.2, 0.25) is 0 Å². The Kier molecular flexibility index (Phi) is 7.11. The normalized spacial score (nSPS) is 10.9. The Balaban J connectivity index is 4.05. The lowest BCUT2D eigenvalue weighted by molar-refractivity contribution is -0.138. The summed E-state index contributed by atoms with van der Waals surface area (Å²) >= 11 is 0. The van der Waals surface area contributed by atoms with Crippen LogP contribution in [0.1, 0.15) is 26.7 Å². The van der Waals surface area contributed by atoms with Crippen molar-refractivity contribution in [2.75, 3.05) is 19.6 Å². The highest BCUT2D eigenvalue weighted by molar-refractivity contribution is 5.69. The Hall–Kier alpha value is -0.830. The first kappa shape index (κ1) is 13.2. The van der Waals surface area contributed by atoms with Crippen molar-refractivity contribution in [3.63, 3.8) is 0 Å². The first-order valence-electron chi connectivity index (χ1n) is 5.19. The SMILES string of the molecule is C=CCN(CC(=O)O)CC(CC)CC. The van der Waals surface area contributed by atoms with Gasteiger partial charge in [0.25, 0.3) is 0 Å². The van der Waals surface area contributed by atoms with Crippen molar-refractivity contribution in [1.29, 1.82) is 0 Å². The van der Waals surface area contributed by atoms with Crippen molar-refractivity contribution < 1.29 is 9.90 Å². The predicted molar refractivity (Wildman–Crippen MR) is 58.3 cm³/mol. The molecule has 3 heteroatoms. The van der Waals surface area contributed by atoms with E-state index in [0.29, 0.717) is 12.5 Å². The van der Waals surface area contributed by atoms with Crippen molar-refractivity contribution in [2.45, 2.75) is 26.7 Å². The van der Waals surface area contributed by atoms with Gasteiger partial charge in [0.15, 0.2) is 0 Å². The first-order valence-corrected chi connectivity index (χ1v) is 5.19. The molecule has 0 bridgehead atoms. The summed E-state index contributed by atoms with van der Waals surface area (Å²) in [6, 6.07) is 0. The lowest BCUT2D eigenvalue weighted by atomic mass is 10.0. The molecular formula is C11H21NO2. The lowest BCUT2D eigenvalue weighted by Crippen LogP contribution is -2.34. The maximum absolute atomic E-state index is 10.6. The van der Waals surface area contributed by atoms with E-state index in [0.717, 1.165) is 19.4 Å². The number of carboxylic acid groups (broad SMARTS) is 1. The second-order valence-electron chi connectivity index (χ2n) is 3.56. The molecule has 0 rings (SSSR count). The summed E-state index contributed by atoms with van der Waals surface area (Å²) in [7, 11) is 0. The van der Waals surface area contributed by atoms with Gasteiger partial charge >= 0.3 is 5.97 Å². The number of carbonyl (C=O) groups is 1. The molecule has 0 atom stereocenters. The Bertz CT molecular complexity index is 176. The Labute approximate surface area is 86.4 Å². The second-order valence-corrected chi connectivity index (χ2v) is 3.56. The summed E-state index contributed by atoms with van der Waals surface area (Å²) in [6.07, 6.45) is 3.96. The fourth-order valence-electron chi connectivity index (χ4n) is 1.49. The van der Waals surface area contributed by atoms with Crippen molar-refractivity contribution in [1.82, 2.24) is 4.90 Å². The van der Waals surface area contributed by atoms with Crippen LogP contribution in [0.25, 0.3) is 0 Å². The zero-order valence-corrected chi connectivity index (χ0v) is 9.20. The van der Waals surface area contributed by atoms with Crippen LogP contribution in [-0.2, 0) is 4.79 Å². The van der Waals surface area contributed by atoms with Gasteiger partial charge in [-0.3, -0.25) is 9.69 Å². The minimum absolute atomic E-state index is 0.114. The van der Waals surface area contributed by atoms with Gasteiger partial charge in [-0.2, -0.15) is 0 Å². The van der Waals surface area contributed by atoms with Gasteiger partial charge in [-0.05, 0) is 5.92 Å². The maximum atomic E-state index is 10.6. The monoisotopic (exact) mass is 199 g/mol. The zero-order chi connectivity index (χ0) is 11.0. The molecule has 3 nitrogen and oxygen atoms in total. The highest BCUT2D eigenvalue weighted by Gasteiger charge is 2.12. The lowest BCUT2D eigenvalue weighted by Gasteiger charge is -2.23. The average molecular weight is 199 g/mol. The van der Waals surface area contributed by atoms with Crippen LogP contribution in [0.2, 0.25) is 0 Å². The maximum Gasteiger partial charge on any atom is 0.317 e. The van der Waals surface area contributed by atoms with E-state index in [4.69, 9.17) is 5.11 Å². The van der Waals surface area contributed by atoms with Gasteiger partial charge < -0.3 is 5.11 Å². The van der Waals surface area contributed by atoms with E-state index in [-0.39, 0.29) is 6.54 Å². The van der Waals surface area contributed by atoms with Crippen LogP contribution < -0.4 is 0 Å². The van der Waals surface area contributed by atoms with E-state index in [1.165, 1.54) is 0 Å². The molecule has 0 aromatic rings. The van der Waals surface area contributed by atoms with Crippen molar-refractivity contribution >= 4 is 5.97 Å². The largest absolute Gasteiger partial charge is 0.480 e. The van der Waals surface area contributed by atoms with Crippen LogP contribution >= 0.6 is 0 Å². The predicted octanol–water partition coefficient (Wildman–Crippen LogP) is 2.00. The second kappa shape index (κ2) is 7.56. The van der Waals surface area contributed by atoms with Crippen LogP contribution in [0.15, 0.2) is 12.7 Å². The number of hydrogen-bond acceptors (Lipinski definition) is 2. The zero-order valence-electron chi connectivity index (χ0n) is 9.20. The molecular weight excluding hydrogens is 178 g/mol. The Morgan fingerprint density at radius 1 is 1.50 bits per heavy atom. The molecule has 0 aliphatic carbocycles. The van der Waals surface area contributed by atoms with Gasteiger partial charge in [0.05, 0.1) is 6.54 Å². The van der Waals surface area contributed by atoms with Crippen molar-refractivity contribution in [3.05, 3.63) is 12.7 Å². The summed E-state index contributed by atoms with van der Waals surface area (Å²) in [6.45, 7) is 9.53. The third-order valence-electron chi connectivity index (χ3n) is 2.42. The van der Waals surface area contributed by atoms with Gasteiger partial charge in [-0.15, -0.1) is 6.58 Å². The van der Waals surface area contributed by atoms with Crippen LogP contribution in [0.5, 0.6) is 0 Å². The molecule has 0 heterocycles. The van der Waals surface area contributed by atoms with Gasteiger partial charge in [-0.25, -0.2) is 0 Å². The number of carboxylic acids is 1. The third-order valence-corrected chi connectivity index (χ3v) is 2.42. The number of nitrogens with zero attached hydrogens (tertiary/aromatic N) is 1. The van der Waals surface area contributed by atoms with Crippen LogP contribution in [0.4, 0.5) is 0 Å². The molecule has 0 saturated heterocycles. The molecule has 0 amide bonds. The van der Waals surface area contributed by atoms with E-state index in [1.54, 1.807) is 6.08 Å². The number of hydrogen-bond donors (Lipinski definition) is 1. The van der Waals surface area contributed by atoms with E-state index in [2.05, 4.69) is 20.4 Å². The quantitative estimate of drug-likeness (QED) is 0.608. The van der Waals surface area contributed by atoms with Crippen LogP contribution in [0, 0.1) is 5.92 Å². The van der Waals surface area contributed by atoms with Crippen molar-refractivity contribution in [2.24, 2.45) is 5.92 Å². The summed E-state index contributed by atoms with van der Waals surface area (Å²) in [4.78, 5) is 12.5. The molecule has 82 valence electrons. The van der Waals surface area contributed by atoms with E-state index < -0.39 is 5.97 Å². The molecule has 0 fully saturated rings. The molecule has 14 heavy (non-hydrogen) atoms. The summed E-state index contributed by atoms with van der Waals surface area (Å²) in [5, 5.41) is 8.69. The topological polar surface area (TPSA) is 40.5 Å². The minimum atomic E-state index is -0.766. The highest BCUT2D eigenvalue weighted by atomic mass is 16.4. The molecule has 0 radical (unpaired) electrons. The molecule has 1 N–H and O–H groups in total.